The van der Waals surface area contributed by atoms with Gasteiger partial charge in [-0.15, -0.1) is 0 Å². The Labute approximate surface area is 681 Å². The van der Waals surface area contributed by atoms with E-state index in [1.165, 1.54) is 147 Å². The van der Waals surface area contributed by atoms with Crippen molar-refractivity contribution in [3.63, 3.8) is 0 Å². The first-order chi connectivity index (χ1) is 57.0. The maximum atomic E-state index is 3.53. The van der Waals surface area contributed by atoms with Crippen LogP contribution in [0.15, 0.2) is 449 Å². The van der Waals surface area contributed by atoms with Gasteiger partial charge >= 0.3 is 0 Å². The van der Waals surface area contributed by atoms with Gasteiger partial charge in [0, 0.05) is 97.8 Å². The molecule has 4 aromatic heterocycles. The van der Waals surface area contributed by atoms with E-state index in [9.17, 15) is 0 Å². The lowest BCUT2D eigenvalue weighted by molar-refractivity contribution is 1.18. The van der Waals surface area contributed by atoms with Gasteiger partial charge in [0.05, 0.1) is 44.1 Å². The minimum Gasteiger partial charge on any atom is -0.356 e. The molecule has 22 rings (SSSR count). The molecule has 18 aromatic carbocycles. The summed E-state index contributed by atoms with van der Waals surface area (Å²) in [5.41, 5.74) is 29.6. The van der Waals surface area contributed by atoms with Crippen LogP contribution in [0.2, 0.25) is 0 Å². The average molecular weight is 1580 g/mol. The van der Waals surface area contributed by atoms with E-state index in [0.29, 0.717) is 0 Å². The van der Waals surface area contributed by atoms with Gasteiger partial charge < -0.3 is 28.5 Å². The highest BCUT2D eigenvalue weighted by Gasteiger charge is 2.22. The average Bonchev–Trinajstić information content (AvgIpc) is 1.60. The van der Waals surface area contributed by atoms with Crippen LogP contribution in [0.5, 0.6) is 0 Å². The summed E-state index contributed by atoms with van der Waals surface area (Å²) in [6.45, 7) is 0. The number of benzene rings is 18. The zero-order valence-corrected chi connectivity index (χ0v) is 65.0. The van der Waals surface area contributed by atoms with Gasteiger partial charge in [-0.25, -0.2) is 0 Å². The fraction of sp³-hybridized carbons (Fsp3) is 0. The number of aromatic nitrogens is 4. The first-order valence-electron chi connectivity index (χ1n) is 39.1. The van der Waals surface area contributed by atoms with Gasteiger partial charge in [-0.2, -0.15) is 0 Å². The molecule has 0 amide bonds. The minimum atomic E-state index is 1.09. The van der Waals surface area contributed by atoms with E-state index < -0.39 is 0 Å². The molecule has 0 aliphatic heterocycles. The third-order valence-electron chi connectivity index (χ3n) is 22.1. The topological polar surface area (TPSA) is 35.0 Å². The third kappa shape index (κ3) is 13.4. The molecule has 0 unspecified atom stereocenters. The molecule has 0 atom stereocenters. The Bertz CT molecular complexity index is 7040. The lowest BCUT2D eigenvalue weighted by Crippen LogP contribution is -2.09. The number of para-hydroxylation sites is 6. The second-order valence-electron chi connectivity index (χ2n) is 29.0. The van der Waals surface area contributed by atoms with Crippen LogP contribution >= 0.6 is 22.6 Å². The zero-order valence-electron chi connectivity index (χ0n) is 62.8. The second-order valence-corrected chi connectivity index (χ2v) is 30.3. The predicted octanol–water partition coefficient (Wildman–Crippen LogP) is 29.9. The molecule has 0 saturated heterocycles. The molecule has 1 N–H and O–H groups in total. The van der Waals surface area contributed by atoms with Gasteiger partial charge in [0.25, 0.3) is 0 Å². The highest BCUT2D eigenvalue weighted by Crippen LogP contribution is 2.44. The van der Waals surface area contributed by atoms with E-state index in [4.69, 9.17) is 0 Å². The number of rotatable bonds is 13. The SMILES string of the molecule is Ic1ccc2c(c1)c1ccccc1n2-c1ccc(-c2ccccc2)cc1.c1ccc(-c2ccc(-n3c4ccccc4c4cc(N(c5ccccc5)c5ccc6c(c5)c5ccccc5n6-c5ccc(-c6ccccc6)cc5)ccc43)cc2)cc1.c1ccc(Nc2ccc3c(c2)c2ccccc2n3-c2ccc(-c3ccccc3)cc2)cc1. The Kier molecular flexibility index (Phi) is 18.6. The Morgan fingerprint density at radius 1 is 0.174 bits per heavy atom. The quantitative estimate of drug-likeness (QED) is 0.117. The number of fused-ring (bicyclic) bond motifs is 12. The van der Waals surface area contributed by atoms with Crippen LogP contribution in [0.25, 0.3) is 154 Å². The molecule has 0 fully saturated rings. The summed E-state index contributed by atoms with van der Waals surface area (Å²) in [7, 11) is 0. The molecule has 6 nitrogen and oxygen atoms in total. The summed E-state index contributed by atoms with van der Waals surface area (Å²) in [5.74, 6) is 0. The smallest absolute Gasteiger partial charge is 0.0542 e. The van der Waals surface area contributed by atoms with Crippen LogP contribution in [0.3, 0.4) is 0 Å². The van der Waals surface area contributed by atoms with Gasteiger partial charge in [0.15, 0.2) is 0 Å². The predicted molar refractivity (Wildman–Crippen MR) is 496 cm³/mol. The molecule has 115 heavy (non-hydrogen) atoms. The number of hydrogen-bond donors (Lipinski definition) is 1. The number of hydrogen-bond acceptors (Lipinski definition) is 2. The van der Waals surface area contributed by atoms with Crippen molar-refractivity contribution in [2.24, 2.45) is 0 Å². The van der Waals surface area contributed by atoms with E-state index in [1.54, 1.807) is 0 Å². The molecule has 0 bridgehead atoms. The molecular weight excluding hydrogens is 1510 g/mol. The summed E-state index contributed by atoms with van der Waals surface area (Å²) in [6.07, 6.45) is 0. The van der Waals surface area contributed by atoms with Gasteiger partial charge in [0.1, 0.15) is 0 Å². The Balaban J connectivity index is 0.000000124. The van der Waals surface area contributed by atoms with Crippen molar-refractivity contribution in [1.29, 1.82) is 0 Å². The molecule has 0 spiro atoms. The van der Waals surface area contributed by atoms with E-state index in [2.05, 4.69) is 482 Å². The first-order valence-corrected chi connectivity index (χ1v) is 40.1. The lowest BCUT2D eigenvalue weighted by atomic mass is 10.1. The normalized spacial score (nSPS) is 11.3. The molecule has 0 aliphatic rings. The van der Waals surface area contributed by atoms with Crippen LogP contribution in [0, 0.1) is 3.57 Å². The highest BCUT2D eigenvalue weighted by molar-refractivity contribution is 14.1. The Morgan fingerprint density at radius 3 is 0.765 bits per heavy atom. The monoisotopic (exact) mass is 1580 g/mol. The molecule has 4 heterocycles. The van der Waals surface area contributed by atoms with Crippen LogP contribution < -0.4 is 10.2 Å². The van der Waals surface area contributed by atoms with Crippen molar-refractivity contribution in [2.75, 3.05) is 10.2 Å². The summed E-state index contributed by atoms with van der Waals surface area (Å²) < 4.78 is 10.8. The van der Waals surface area contributed by atoms with E-state index in [1.807, 2.05) is 18.2 Å². The van der Waals surface area contributed by atoms with Crippen molar-refractivity contribution >= 4 is 138 Å². The molecule has 7 heteroatoms. The number of nitrogens with zero attached hydrogens (tertiary/aromatic N) is 5. The maximum absolute atomic E-state index is 3.53. The summed E-state index contributed by atoms with van der Waals surface area (Å²) in [6, 6.07) is 161. The van der Waals surface area contributed by atoms with Crippen molar-refractivity contribution in [3.05, 3.63) is 452 Å². The third-order valence-corrected chi connectivity index (χ3v) is 22.8. The van der Waals surface area contributed by atoms with Crippen LogP contribution in [-0.4, -0.2) is 18.3 Å². The van der Waals surface area contributed by atoms with Crippen LogP contribution in [-0.2, 0) is 0 Å². The fourth-order valence-corrected chi connectivity index (χ4v) is 17.2. The van der Waals surface area contributed by atoms with E-state index in [-0.39, 0.29) is 0 Å². The summed E-state index contributed by atoms with van der Waals surface area (Å²) >= 11 is 2.39. The Morgan fingerprint density at radius 2 is 0.426 bits per heavy atom. The zero-order chi connectivity index (χ0) is 76.5. The van der Waals surface area contributed by atoms with Gasteiger partial charge in [-0.1, -0.05) is 279 Å². The lowest BCUT2D eigenvalue weighted by Gasteiger charge is -2.26. The molecule has 0 radical (unpaired) electrons. The van der Waals surface area contributed by atoms with Crippen molar-refractivity contribution < 1.29 is 0 Å². The van der Waals surface area contributed by atoms with Crippen molar-refractivity contribution in [1.82, 2.24) is 18.3 Å². The van der Waals surface area contributed by atoms with Gasteiger partial charge in [0.2, 0.25) is 0 Å². The van der Waals surface area contributed by atoms with E-state index >= 15 is 0 Å². The number of halogens is 1. The maximum Gasteiger partial charge on any atom is 0.0542 e. The molecular formula is C108H75IN6. The van der Waals surface area contributed by atoms with Crippen molar-refractivity contribution in [3.8, 4) is 67.3 Å². The fourth-order valence-electron chi connectivity index (χ4n) is 16.8. The number of nitrogens with one attached hydrogen (secondary N) is 1. The highest BCUT2D eigenvalue weighted by atomic mass is 127. The molecule has 0 saturated carbocycles. The minimum absolute atomic E-state index is 1.09. The molecule has 22 aromatic rings. The van der Waals surface area contributed by atoms with Crippen LogP contribution in [0.4, 0.5) is 28.4 Å². The molecule has 544 valence electrons. The largest absolute Gasteiger partial charge is 0.356 e. The second kappa shape index (κ2) is 30.6. The molecule has 0 aliphatic carbocycles. The standard InChI is InChI=1S/C54H37N3.C30H22N2.C24H16IN/c1-4-14-38(15-5-1)40-24-28-43(29-25-40)56-51-22-12-10-20-47(51)49-36-45(32-34-53(49)56)55(42-18-8-3-9-19-42)46-33-35-54-50(37-46)48-21-11-13-23-52(48)57(54)44-30-26-41(27-31-44)39-16-6-2-7-17-39;1-3-9-22(10-4-1)23-15-18-26(19-16-23)32-29-14-8-7-13-27(29)28-21-25(17-20-30(28)32)31-24-11-5-2-6-12-24;25-19-12-15-24-22(16-19)21-8-4-5-9-23(21)26(24)20-13-10-18(11-14-20)17-6-2-1-3-7-17/h1-37H;1-21,31H;1-16H. The summed E-state index contributed by atoms with van der Waals surface area (Å²) in [5, 5.41) is 13.5. The van der Waals surface area contributed by atoms with E-state index in [0.717, 1.165) is 39.8 Å². The van der Waals surface area contributed by atoms with Crippen molar-refractivity contribution in [2.45, 2.75) is 0 Å². The van der Waals surface area contributed by atoms with Gasteiger partial charge in [-0.3, -0.25) is 0 Å². The van der Waals surface area contributed by atoms with Gasteiger partial charge in [-0.05, 0) is 237 Å². The Hall–Kier alpha value is -14.5. The number of anilines is 5. The first kappa shape index (κ1) is 69.7. The van der Waals surface area contributed by atoms with Crippen LogP contribution in [0.1, 0.15) is 0 Å². The summed E-state index contributed by atoms with van der Waals surface area (Å²) in [4.78, 5) is 2.39.